The summed E-state index contributed by atoms with van der Waals surface area (Å²) in [6.45, 7) is 4.29. The predicted octanol–water partition coefficient (Wildman–Crippen LogP) is 13.5. The topological polar surface area (TPSA) is 112 Å². The second kappa shape index (κ2) is 42.4. The number of carbonyl (C=O) groups excluding carboxylic acids is 2. The third-order valence-corrected chi connectivity index (χ3v) is 10.9. The number of rotatable bonds is 43. The van der Waals surface area contributed by atoms with Crippen LogP contribution in [-0.4, -0.2) is 68.3 Å². The van der Waals surface area contributed by atoms with E-state index in [9.17, 15) is 19.0 Å². The lowest BCUT2D eigenvalue weighted by molar-refractivity contribution is -0.161. The van der Waals surface area contributed by atoms with E-state index in [0.29, 0.717) is 13.0 Å². The van der Waals surface area contributed by atoms with Gasteiger partial charge in [0.15, 0.2) is 6.10 Å². The van der Waals surface area contributed by atoms with Crippen LogP contribution in [0, 0.1) is 0 Å². The molecule has 0 aliphatic rings. The zero-order valence-electron chi connectivity index (χ0n) is 37.3. The Morgan fingerprint density at radius 3 is 1.44 bits per heavy atom. The molecule has 9 nitrogen and oxygen atoms in total. The number of likely N-dealkylation sites (N-methyl/N-ethyl adjacent to an activating group) is 1. The van der Waals surface area contributed by atoms with Gasteiger partial charge in [0.05, 0.1) is 13.2 Å². The van der Waals surface area contributed by atoms with Crippen molar-refractivity contribution in [1.82, 2.24) is 4.90 Å². The van der Waals surface area contributed by atoms with Gasteiger partial charge in [-0.25, -0.2) is 4.57 Å². The van der Waals surface area contributed by atoms with Gasteiger partial charge in [0.1, 0.15) is 6.61 Å². The number of hydrogen-bond acceptors (Lipinski definition) is 8. The lowest BCUT2D eigenvalue weighted by Gasteiger charge is -2.20. The third-order valence-electron chi connectivity index (χ3n) is 9.92. The van der Waals surface area contributed by atoms with Gasteiger partial charge in [-0.2, -0.15) is 0 Å². The molecular weight excluding hydrogens is 737 g/mol. The second-order valence-electron chi connectivity index (χ2n) is 15.9. The molecule has 0 saturated heterocycles. The number of unbranched alkanes of at least 4 members (excludes halogenated alkanes) is 23. The van der Waals surface area contributed by atoms with Gasteiger partial charge < -0.3 is 19.3 Å². The smallest absolute Gasteiger partial charge is 0.462 e. The molecule has 57 heavy (non-hydrogen) atoms. The van der Waals surface area contributed by atoms with E-state index in [1.165, 1.54) is 116 Å². The third kappa shape index (κ3) is 43.6. The van der Waals surface area contributed by atoms with E-state index in [-0.39, 0.29) is 32.0 Å². The van der Waals surface area contributed by atoms with Gasteiger partial charge in [-0.3, -0.25) is 18.6 Å². The van der Waals surface area contributed by atoms with Crippen molar-refractivity contribution < 1.29 is 37.6 Å². The zero-order chi connectivity index (χ0) is 41.9. The predicted molar refractivity (Wildman–Crippen MR) is 238 cm³/mol. The lowest BCUT2D eigenvalue weighted by Crippen LogP contribution is -2.29. The normalized spacial score (nSPS) is 13.6. The van der Waals surface area contributed by atoms with Crippen LogP contribution < -0.4 is 0 Å². The highest BCUT2D eigenvalue weighted by Crippen LogP contribution is 2.43. The Morgan fingerprint density at radius 2 is 0.947 bits per heavy atom. The fraction of sp³-hybridized carbons (Fsp3) is 0.830. The van der Waals surface area contributed by atoms with Crippen molar-refractivity contribution in [2.45, 2.75) is 213 Å². The standard InChI is InChI=1S/C47H88NO8P/c1-5-7-9-11-13-15-17-19-21-22-23-24-26-27-29-31-33-35-37-39-46(49)53-43-45(44-55-57(51,52)54-42-41-48(3)4)56-47(50)40-38-36-34-32-30-28-25-20-18-16-14-12-10-8-6-2/h14,16,19-21,25,45H,5-13,15,17-18,22-24,26-44H2,1-4H3,(H,51,52)/b16-14-,21-19-,25-20-. The maximum Gasteiger partial charge on any atom is 0.472 e. The van der Waals surface area contributed by atoms with Crippen LogP contribution in [0.15, 0.2) is 36.5 Å². The first-order valence-corrected chi connectivity index (χ1v) is 24.8. The Morgan fingerprint density at radius 1 is 0.544 bits per heavy atom. The van der Waals surface area contributed by atoms with Crippen molar-refractivity contribution in [3.05, 3.63) is 36.5 Å². The SMILES string of the molecule is CCCCC/C=C\C/C=C\CCCCCCCC(=O)OC(COC(=O)CCCCCCCCCCC/C=C\CCCCCCCC)COP(=O)(O)OCCN(C)C. The molecule has 0 amide bonds. The quantitative estimate of drug-likeness (QED) is 0.0278. The Kier molecular flexibility index (Phi) is 41.0. The molecule has 0 aromatic heterocycles. The molecule has 0 bridgehead atoms. The Hall–Kier alpha value is -1.77. The van der Waals surface area contributed by atoms with Gasteiger partial charge >= 0.3 is 19.8 Å². The molecule has 0 aromatic carbocycles. The number of phosphoric ester groups is 1. The minimum Gasteiger partial charge on any atom is -0.462 e. The highest BCUT2D eigenvalue weighted by Gasteiger charge is 2.26. The van der Waals surface area contributed by atoms with Gasteiger partial charge in [0.2, 0.25) is 0 Å². The molecule has 1 N–H and O–H groups in total. The molecule has 0 heterocycles. The number of carbonyl (C=O) groups is 2. The molecule has 0 aromatic rings. The second-order valence-corrected chi connectivity index (χ2v) is 17.4. The van der Waals surface area contributed by atoms with Crippen LogP contribution in [0.3, 0.4) is 0 Å². The number of phosphoric acid groups is 1. The van der Waals surface area contributed by atoms with Gasteiger partial charge in [0.25, 0.3) is 0 Å². The van der Waals surface area contributed by atoms with E-state index in [1.807, 2.05) is 19.0 Å². The van der Waals surface area contributed by atoms with Crippen LogP contribution in [0.5, 0.6) is 0 Å². The molecule has 0 aliphatic carbocycles. The van der Waals surface area contributed by atoms with E-state index in [4.69, 9.17) is 18.5 Å². The van der Waals surface area contributed by atoms with Crippen LogP contribution in [0.4, 0.5) is 0 Å². The molecule has 10 heteroatoms. The highest BCUT2D eigenvalue weighted by molar-refractivity contribution is 7.47. The van der Waals surface area contributed by atoms with Crippen molar-refractivity contribution in [1.29, 1.82) is 0 Å². The van der Waals surface area contributed by atoms with E-state index in [1.54, 1.807) is 0 Å². The molecule has 0 aliphatic heterocycles. The van der Waals surface area contributed by atoms with Gasteiger partial charge in [-0.05, 0) is 84.7 Å². The summed E-state index contributed by atoms with van der Waals surface area (Å²) in [7, 11) is -0.719. The zero-order valence-corrected chi connectivity index (χ0v) is 38.2. The first-order chi connectivity index (χ1) is 27.7. The maximum absolute atomic E-state index is 12.7. The van der Waals surface area contributed by atoms with Gasteiger partial charge in [-0.15, -0.1) is 0 Å². The highest BCUT2D eigenvalue weighted by atomic mass is 31.2. The minimum atomic E-state index is -4.37. The Labute approximate surface area is 350 Å². The summed E-state index contributed by atoms with van der Waals surface area (Å²) in [5, 5.41) is 0. The largest absolute Gasteiger partial charge is 0.472 e. The summed E-state index contributed by atoms with van der Waals surface area (Å²) < 4.78 is 33.5. The summed E-state index contributed by atoms with van der Waals surface area (Å²) in [5.74, 6) is -0.817. The van der Waals surface area contributed by atoms with E-state index in [0.717, 1.165) is 57.8 Å². The van der Waals surface area contributed by atoms with E-state index in [2.05, 4.69) is 50.3 Å². The molecular formula is C47H88NO8P. The number of allylic oxidation sites excluding steroid dienone is 6. The van der Waals surface area contributed by atoms with Crippen molar-refractivity contribution in [3.63, 3.8) is 0 Å². The first kappa shape index (κ1) is 55.2. The van der Waals surface area contributed by atoms with E-state index < -0.39 is 26.5 Å². The Balaban J connectivity index is 4.25. The summed E-state index contributed by atoms with van der Waals surface area (Å²) in [6.07, 6.45) is 46.1. The molecule has 0 saturated carbocycles. The molecule has 334 valence electrons. The Bertz CT molecular complexity index is 1050. The molecule has 0 rings (SSSR count). The number of esters is 2. The van der Waals surface area contributed by atoms with Crippen molar-refractivity contribution in [2.75, 3.05) is 40.5 Å². The van der Waals surface area contributed by atoms with Crippen molar-refractivity contribution in [3.8, 4) is 0 Å². The summed E-state index contributed by atoms with van der Waals surface area (Å²) in [5.41, 5.74) is 0. The van der Waals surface area contributed by atoms with Crippen LogP contribution in [0.2, 0.25) is 0 Å². The van der Waals surface area contributed by atoms with E-state index >= 15 is 0 Å². The van der Waals surface area contributed by atoms with Crippen LogP contribution in [0.25, 0.3) is 0 Å². The number of nitrogens with zero attached hydrogens (tertiary/aromatic N) is 1. The fourth-order valence-electron chi connectivity index (χ4n) is 6.30. The molecule has 0 spiro atoms. The average Bonchev–Trinajstić information content (AvgIpc) is 3.18. The fourth-order valence-corrected chi connectivity index (χ4v) is 7.04. The maximum atomic E-state index is 12.7. The van der Waals surface area contributed by atoms with Crippen LogP contribution in [0.1, 0.15) is 206 Å². The van der Waals surface area contributed by atoms with Crippen molar-refractivity contribution >= 4 is 19.8 Å². The molecule has 0 fully saturated rings. The summed E-state index contributed by atoms with van der Waals surface area (Å²) >= 11 is 0. The van der Waals surface area contributed by atoms with Crippen LogP contribution >= 0.6 is 7.82 Å². The average molecular weight is 826 g/mol. The lowest BCUT2D eigenvalue weighted by atomic mass is 10.1. The summed E-state index contributed by atoms with van der Waals surface area (Å²) in [6, 6.07) is 0. The first-order valence-electron chi connectivity index (χ1n) is 23.3. The van der Waals surface area contributed by atoms with Crippen molar-refractivity contribution in [2.24, 2.45) is 0 Å². The molecule has 0 radical (unpaired) electrons. The summed E-state index contributed by atoms with van der Waals surface area (Å²) in [4.78, 5) is 37.1. The minimum absolute atomic E-state index is 0.00426. The molecule has 2 unspecified atom stereocenters. The number of ether oxygens (including phenoxy) is 2. The van der Waals surface area contributed by atoms with Gasteiger partial charge in [-0.1, -0.05) is 159 Å². The monoisotopic (exact) mass is 826 g/mol. The van der Waals surface area contributed by atoms with Crippen LogP contribution in [-0.2, 0) is 32.7 Å². The van der Waals surface area contributed by atoms with Gasteiger partial charge in [0, 0.05) is 19.4 Å². The molecule has 2 atom stereocenters. The number of hydrogen-bond donors (Lipinski definition) is 1.